The van der Waals surface area contributed by atoms with Crippen molar-refractivity contribution in [2.45, 2.75) is 6.54 Å². The lowest BCUT2D eigenvalue weighted by Crippen LogP contribution is -2.43. The van der Waals surface area contributed by atoms with Crippen LogP contribution < -0.4 is 20.5 Å². The molecule has 0 atom stereocenters. The zero-order valence-corrected chi connectivity index (χ0v) is 17.9. The molecule has 0 saturated carbocycles. The van der Waals surface area contributed by atoms with Gasteiger partial charge < -0.3 is 25.4 Å². The van der Waals surface area contributed by atoms with Gasteiger partial charge in [-0.15, -0.1) is 24.8 Å². The quantitative estimate of drug-likeness (QED) is 0.711. The van der Waals surface area contributed by atoms with Gasteiger partial charge in [0.15, 0.2) is 11.5 Å². The van der Waals surface area contributed by atoms with E-state index in [0.29, 0.717) is 28.4 Å². The summed E-state index contributed by atoms with van der Waals surface area (Å²) in [6.07, 6.45) is 0. The third kappa shape index (κ3) is 5.45. The van der Waals surface area contributed by atoms with Gasteiger partial charge in [-0.1, -0.05) is 12.1 Å². The van der Waals surface area contributed by atoms with Gasteiger partial charge in [0.2, 0.25) is 6.79 Å². The van der Waals surface area contributed by atoms with Gasteiger partial charge in [-0.25, -0.2) is 0 Å². The van der Waals surface area contributed by atoms with Crippen molar-refractivity contribution in [3.8, 4) is 11.5 Å². The predicted molar refractivity (Wildman–Crippen MR) is 119 cm³/mol. The Bertz CT molecular complexity index is 840. The van der Waals surface area contributed by atoms with Gasteiger partial charge >= 0.3 is 0 Å². The molecule has 1 saturated heterocycles. The highest BCUT2D eigenvalue weighted by atomic mass is 35.5. The highest BCUT2D eigenvalue weighted by Crippen LogP contribution is 2.38. The van der Waals surface area contributed by atoms with Gasteiger partial charge in [0.05, 0.1) is 11.4 Å². The van der Waals surface area contributed by atoms with Crippen LogP contribution in [-0.4, -0.2) is 55.7 Å². The number of nitrogen functional groups attached to an aromatic ring is 1. The summed E-state index contributed by atoms with van der Waals surface area (Å²) in [7, 11) is 2.15. The molecule has 0 spiro atoms. The molecule has 0 aromatic heterocycles. The van der Waals surface area contributed by atoms with Gasteiger partial charge in [0.25, 0.3) is 5.91 Å². The monoisotopic (exact) mass is 440 g/mol. The van der Waals surface area contributed by atoms with Crippen LogP contribution in [0.3, 0.4) is 0 Å². The number of benzene rings is 2. The number of nitrogens with zero attached hydrogens (tertiary/aromatic N) is 2. The molecule has 0 aliphatic carbocycles. The number of halogens is 2. The summed E-state index contributed by atoms with van der Waals surface area (Å²) in [4.78, 5) is 17.3. The molecule has 2 heterocycles. The van der Waals surface area contributed by atoms with Crippen molar-refractivity contribution >= 4 is 42.1 Å². The number of anilines is 2. The van der Waals surface area contributed by atoms with Crippen LogP contribution in [0.5, 0.6) is 11.5 Å². The van der Waals surface area contributed by atoms with Crippen molar-refractivity contribution in [3.63, 3.8) is 0 Å². The fourth-order valence-corrected chi connectivity index (χ4v) is 3.29. The fraction of sp³-hybridized carbons (Fsp3) is 0.350. The zero-order chi connectivity index (χ0) is 18.8. The number of nitrogens with one attached hydrogen (secondary N) is 1. The number of fused-ring (bicyclic) bond motifs is 1. The molecule has 1 fully saturated rings. The number of likely N-dealkylation sites (N-methyl/N-ethyl adjacent to an activating group) is 1. The highest BCUT2D eigenvalue weighted by molar-refractivity contribution is 6.06. The average Bonchev–Trinajstić information content (AvgIpc) is 3.11. The van der Waals surface area contributed by atoms with Crippen molar-refractivity contribution < 1.29 is 14.3 Å². The summed E-state index contributed by atoms with van der Waals surface area (Å²) in [5.41, 5.74) is 8.76. The van der Waals surface area contributed by atoms with Crippen LogP contribution in [0.4, 0.5) is 11.4 Å². The Morgan fingerprint density at radius 1 is 1.03 bits per heavy atom. The Kier molecular flexibility index (Phi) is 7.98. The molecule has 1 amide bonds. The lowest BCUT2D eigenvalue weighted by atomic mass is 10.1. The Balaban J connectivity index is 0.00000150. The second-order valence-corrected chi connectivity index (χ2v) is 7.02. The largest absolute Gasteiger partial charge is 0.454 e. The van der Waals surface area contributed by atoms with Crippen molar-refractivity contribution in [2.75, 3.05) is 51.1 Å². The minimum Gasteiger partial charge on any atom is -0.454 e. The molecule has 3 N–H and O–H groups in total. The Labute approximate surface area is 183 Å². The minimum atomic E-state index is -0.202. The van der Waals surface area contributed by atoms with E-state index in [0.717, 1.165) is 32.7 Å². The second kappa shape index (κ2) is 10.0. The number of amides is 1. The molecule has 2 aromatic rings. The number of ether oxygens (including phenoxy) is 2. The summed E-state index contributed by atoms with van der Waals surface area (Å²) in [5, 5.41) is 2.85. The van der Waals surface area contributed by atoms with Crippen molar-refractivity contribution in [3.05, 3.63) is 47.5 Å². The van der Waals surface area contributed by atoms with E-state index in [1.807, 2.05) is 24.3 Å². The van der Waals surface area contributed by atoms with E-state index < -0.39 is 0 Å². The van der Waals surface area contributed by atoms with Crippen LogP contribution in [0, 0.1) is 0 Å². The lowest BCUT2D eigenvalue weighted by molar-refractivity contribution is 0.102. The number of hydrogen-bond donors (Lipinski definition) is 2. The molecule has 2 aliphatic rings. The molecule has 0 unspecified atom stereocenters. The van der Waals surface area contributed by atoms with E-state index in [2.05, 4.69) is 22.2 Å². The van der Waals surface area contributed by atoms with Gasteiger partial charge in [-0.2, -0.15) is 0 Å². The van der Waals surface area contributed by atoms with E-state index in [-0.39, 0.29) is 37.5 Å². The van der Waals surface area contributed by atoms with Crippen LogP contribution >= 0.6 is 24.8 Å². The maximum atomic E-state index is 12.5. The van der Waals surface area contributed by atoms with Crippen LogP contribution in [0.1, 0.15) is 15.9 Å². The predicted octanol–water partition coefficient (Wildman–Crippen LogP) is 2.84. The van der Waals surface area contributed by atoms with Crippen LogP contribution in [0.25, 0.3) is 0 Å². The number of hydrogen-bond acceptors (Lipinski definition) is 6. The summed E-state index contributed by atoms with van der Waals surface area (Å²) in [6.45, 7) is 5.41. The van der Waals surface area contributed by atoms with E-state index in [1.54, 1.807) is 12.1 Å². The summed E-state index contributed by atoms with van der Waals surface area (Å²) in [5.74, 6) is 0.979. The molecule has 9 heteroatoms. The van der Waals surface area contributed by atoms with E-state index >= 15 is 0 Å². The van der Waals surface area contributed by atoms with Crippen LogP contribution in [-0.2, 0) is 6.54 Å². The van der Waals surface area contributed by atoms with Gasteiger partial charge in [-0.3, -0.25) is 9.69 Å². The van der Waals surface area contributed by atoms with E-state index in [1.165, 1.54) is 5.56 Å². The maximum absolute atomic E-state index is 12.5. The molecular formula is C20H26Cl2N4O3. The summed E-state index contributed by atoms with van der Waals surface area (Å²) >= 11 is 0. The van der Waals surface area contributed by atoms with Crippen LogP contribution in [0.15, 0.2) is 36.4 Å². The molecule has 158 valence electrons. The SMILES string of the molecule is CN1CCN(Cc2ccc(C(=O)Nc3cc4c(cc3N)OCO4)cc2)CC1.Cl.Cl. The first-order valence-corrected chi connectivity index (χ1v) is 9.09. The van der Waals surface area contributed by atoms with E-state index in [4.69, 9.17) is 15.2 Å². The third-order valence-electron chi connectivity index (χ3n) is 5.01. The number of carbonyl (C=O) groups excluding carboxylic acids is 1. The van der Waals surface area contributed by atoms with Crippen molar-refractivity contribution in [2.24, 2.45) is 0 Å². The molecule has 7 nitrogen and oxygen atoms in total. The topological polar surface area (TPSA) is 80.1 Å². The molecular weight excluding hydrogens is 415 g/mol. The number of carbonyl (C=O) groups is 1. The number of piperazine rings is 1. The standard InChI is InChI=1S/C20H24N4O3.2ClH/c1-23-6-8-24(9-7-23)12-14-2-4-15(5-3-14)20(25)22-17-11-19-18(10-16(17)21)26-13-27-19;;/h2-5,10-11H,6-9,12-13,21H2,1H3,(H,22,25);2*1H. The van der Waals surface area contributed by atoms with Crippen molar-refractivity contribution in [1.29, 1.82) is 0 Å². The summed E-state index contributed by atoms with van der Waals surface area (Å²) in [6, 6.07) is 11.1. The normalized spacial score (nSPS) is 15.9. The molecule has 2 aromatic carbocycles. The highest BCUT2D eigenvalue weighted by Gasteiger charge is 2.18. The van der Waals surface area contributed by atoms with Crippen molar-refractivity contribution in [1.82, 2.24) is 9.80 Å². The minimum absolute atomic E-state index is 0. The molecule has 2 aliphatic heterocycles. The Morgan fingerprint density at radius 2 is 1.66 bits per heavy atom. The first kappa shape index (κ1) is 23.1. The molecule has 29 heavy (non-hydrogen) atoms. The molecule has 0 radical (unpaired) electrons. The summed E-state index contributed by atoms with van der Waals surface area (Å²) < 4.78 is 10.6. The molecule has 0 bridgehead atoms. The maximum Gasteiger partial charge on any atom is 0.255 e. The smallest absolute Gasteiger partial charge is 0.255 e. The Hall–Kier alpha value is -2.19. The first-order chi connectivity index (χ1) is 13.1. The number of nitrogens with two attached hydrogens (primary N) is 1. The van der Waals surface area contributed by atoms with Gasteiger partial charge in [0, 0.05) is 50.4 Å². The van der Waals surface area contributed by atoms with Crippen LogP contribution in [0.2, 0.25) is 0 Å². The van der Waals surface area contributed by atoms with Gasteiger partial charge in [0.1, 0.15) is 0 Å². The number of rotatable bonds is 4. The zero-order valence-electron chi connectivity index (χ0n) is 16.2. The fourth-order valence-electron chi connectivity index (χ4n) is 3.29. The first-order valence-electron chi connectivity index (χ1n) is 9.09. The molecule has 4 rings (SSSR count). The van der Waals surface area contributed by atoms with E-state index in [9.17, 15) is 4.79 Å². The van der Waals surface area contributed by atoms with Gasteiger partial charge in [-0.05, 0) is 24.7 Å². The Morgan fingerprint density at radius 3 is 2.31 bits per heavy atom. The lowest BCUT2D eigenvalue weighted by Gasteiger charge is -2.32. The second-order valence-electron chi connectivity index (χ2n) is 7.02. The average molecular weight is 441 g/mol. The third-order valence-corrected chi connectivity index (χ3v) is 5.01.